The highest BCUT2D eigenvalue weighted by molar-refractivity contribution is 7.12. The molecule has 0 saturated carbocycles. The zero-order chi connectivity index (χ0) is 15.0. The van der Waals surface area contributed by atoms with E-state index in [1.165, 1.54) is 27.2 Å². The molecule has 3 heterocycles. The van der Waals surface area contributed by atoms with Crippen LogP contribution in [0.15, 0.2) is 17.8 Å². The van der Waals surface area contributed by atoms with Crippen LogP contribution in [0.4, 0.5) is 0 Å². The summed E-state index contributed by atoms with van der Waals surface area (Å²) in [6.45, 7) is 2.30. The summed E-state index contributed by atoms with van der Waals surface area (Å²) in [5.74, 6) is -1.30. The third-order valence-corrected chi connectivity index (χ3v) is 4.54. The Morgan fingerprint density at radius 2 is 2.29 bits per heavy atom. The number of likely N-dealkylation sites (tertiary alicyclic amines) is 1. The Kier molecular flexibility index (Phi) is 3.42. The first kappa shape index (κ1) is 13.7. The van der Waals surface area contributed by atoms with Crippen molar-refractivity contribution in [3.8, 4) is 5.69 Å². The van der Waals surface area contributed by atoms with Gasteiger partial charge in [0.25, 0.3) is 5.91 Å². The molecule has 1 saturated heterocycles. The Labute approximate surface area is 124 Å². The van der Waals surface area contributed by atoms with E-state index < -0.39 is 12.0 Å². The molecular formula is C12H13N5O3S. The molecule has 0 spiro atoms. The van der Waals surface area contributed by atoms with Crippen LogP contribution in [0.1, 0.15) is 23.0 Å². The second-order valence-electron chi connectivity index (χ2n) is 4.94. The second kappa shape index (κ2) is 5.24. The number of aromatic nitrogens is 4. The van der Waals surface area contributed by atoms with Gasteiger partial charge in [0, 0.05) is 6.54 Å². The Balaban J connectivity index is 1.93. The van der Waals surface area contributed by atoms with Crippen molar-refractivity contribution < 1.29 is 14.7 Å². The van der Waals surface area contributed by atoms with Gasteiger partial charge in [-0.05, 0) is 34.2 Å². The van der Waals surface area contributed by atoms with Gasteiger partial charge in [0.2, 0.25) is 0 Å². The van der Waals surface area contributed by atoms with E-state index in [2.05, 4.69) is 15.5 Å². The van der Waals surface area contributed by atoms with Crippen molar-refractivity contribution in [3.63, 3.8) is 0 Å². The largest absolute Gasteiger partial charge is 0.480 e. The van der Waals surface area contributed by atoms with Crippen LogP contribution in [0.2, 0.25) is 0 Å². The number of carboxylic acid groups (broad SMARTS) is 1. The number of nitrogens with zero attached hydrogens (tertiary/aromatic N) is 5. The number of hydrogen-bond donors (Lipinski definition) is 1. The fourth-order valence-electron chi connectivity index (χ4n) is 2.60. The molecule has 1 fully saturated rings. The first-order valence-electron chi connectivity index (χ1n) is 6.44. The lowest BCUT2D eigenvalue weighted by molar-refractivity contribution is -0.142. The highest BCUT2D eigenvalue weighted by atomic mass is 32.1. The first-order valence-corrected chi connectivity index (χ1v) is 7.32. The fraction of sp³-hybridized carbons (Fsp3) is 0.417. The number of aliphatic carboxylic acids is 1. The zero-order valence-corrected chi connectivity index (χ0v) is 12.0. The Morgan fingerprint density at radius 1 is 1.48 bits per heavy atom. The van der Waals surface area contributed by atoms with Crippen LogP contribution in [0.5, 0.6) is 0 Å². The second-order valence-corrected chi connectivity index (χ2v) is 5.85. The summed E-state index contributed by atoms with van der Waals surface area (Å²) < 4.78 is 1.40. The van der Waals surface area contributed by atoms with Crippen LogP contribution >= 0.6 is 11.3 Å². The molecule has 3 rings (SSSR count). The van der Waals surface area contributed by atoms with E-state index in [4.69, 9.17) is 0 Å². The van der Waals surface area contributed by atoms with E-state index in [1.54, 1.807) is 11.4 Å². The van der Waals surface area contributed by atoms with Gasteiger partial charge in [-0.15, -0.1) is 16.4 Å². The van der Waals surface area contributed by atoms with E-state index in [1.807, 2.05) is 6.92 Å². The van der Waals surface area contributed by atoms with Crippen LogP contribution < -0.4 is 0 Å². The average molecular weight is 307 g/mol. The van der Waals surface area contributed by atoms with Crippen molar-refractivity contribution in [3.05, 3.63) is 22.7 Å². The van der Waals surface area contributed by atoms with Gasteiger partial charge in [-0.1, -0.05) is 6.92 Å². The topological polar surface area (TPSA) is 101 Å². The van der Waals surface area contributed by atoms with Crippen LogP contribution in [0, 0.1) is 5.92 Å². The molecule has 0 bridgehead atoms. The molecule has 9 heteroatoms. The molecule has 2 aromatic rings. The number of tetrazole rings is 1. The highest BCUT2D eigenvalue weighted by Gasteiger charge is 2.40. The number of thiophene rings is 1. The van der Waals surface area contributed by atoms with E-state index >= 15 is 0 Å². The number of carbonyl (C=O) groups is 2. The molecule has 0 aliphatic carbocycles. The lowest BCUT2D eigenvalue weighted by Crippen LogP contribution is -2.42. The number of hydrogen-bond acceptors (Lipinski definition) is 6. The standard InChI is InChI=1S/C12H13N5O3S/c1-7-2-4-16(9(7)12(19)20)11(18)10-8(3-5-21-10)17-6-13-14-15-17/h3,5-7,9H,2,4H2,1H3,(H,19,20). The van der Waals surface area contributed by atoms with Crippen LogP contribution in [0.3, 0.4) is 0 Å². The molecule has 0 radical (unpaired) electrons. The third kappa shape index (κ3) is 2.29. The minimum Gasteiger partial charge on any atom is -0.480 e. The molecule has 1 N–H and O–H groups in total. The quantitative estimate of drug-likeness (QED) is 0.894. The molecule has 110 valence electrons. The smallest absolute Gasteiger partial charge is 0.326 e. The van der Waals surface area contributed by atoms with Gasteiger partial charge in [-0.3, -0.25) is 4.79 Å². The van der Waals surface area contributed by atoms with Gasteiger partial charge in [0.05, 0.1) is 5.69 Å². The molecule has 0 aromatic carbocycles. The number of rotatable bonds is 3. The van der Waals surface area contributed by atoms with Crippen molar-refractivity contribution in [2.45, 2.75) is 19.4 Å². The maximum absolute atomic E-state index is 12.7. The minimum absolute atomic E-state index is 0.0529. The molecule has 2 aromatic heterocycles. The first-order chi connectivity index (χ1) is 10.1. The maximum atomic E-state index is 12.7. The maximum Gasteiger partial charge on any atom is 0.326 e. The van der Waals surface area contributed by atoms with E-state index in [-0.39, 0.29) is 11.8 Å². The Bertz CT molecular complexity index is 668. The molecule has 1 aliphatic heterocycles. The monoisotopic (exact) mass is 307 g/mol. The van der Waals surface area contributed by atoms with Crippen LogP contribution in [-0.2, 0) is 4.79 Å². The molecule has 1 aliphatic rings. The predicted octanol–water partition coefficient (Wildman–Crippen LogP) is 0.659. The van der Waals surface area contributed by atoms with E-state index in [9.17, 15) is 14.7 Å². The summed E-state index contributed by atoms with van der Waals surface area (Å²) in [5.41, 5.74) is 0.568. The Hall–Kier alpha value is -2.29. The summed E-state index contributed by atoms with van der Waals surface area (Å²) in [5, 5.41) is 22.0. The molecule has 2 atom stereocenters. The van der Waals surface area contributed by atoms with Gasteiger partial charge < -0.3 is 10.0 Å². The van der Waals surface area contributed by atoms with Gasteiger partial charge in [0.15, 0.2) is 0 Å². The van der Waals surface area contributed by atoms with Crippen molar-refractivity contribution >= 4 is 23.2 Å². The van der Waals surface area contributed by atoms with Gasteiger partial charge >= 0.3 is 5.97 Å². The van der Waals surface area contributed by atoms with Gasteiger partial charge in [0.1, 0.15) is 17.2 Å². The molecule has 21 heavy (non-hydrogen) atoms. The summed E-state index contributed by atoms with van der Waals surface area (Å²) in [6, 6.07) is 0.963. The third-order valence-electron chi connectivity index (χ3n) is 3.65. The van der Waals surface area contributed by atoms with Crippen molar-refractivity contribution in [1.82, 2.24) is 25.1 Å². The fourth-order valence-corrected chi connectivity index (χ4v) is 3.43. The van der Waals surface area contributed by atoms with Gasteiger partial charge in [-0.2, -0.15) is 4.68 Å². The van der Waals surface area contributed by atoms with Crippen molar-refractivity contribution in [2.75, 3.05) is 6.54 Å². The number of carbonyl (C=O) groups excluding carboxylic acids is 1. The number of carboxylic acids is 1. The summed E-state index contributed by atoms with van der Waals surface area (Å²) in [6.07, 6.45) is 2.09. The summed E-state index contributed by atoms with van der Waals surface area (Å²) >= 11 is 1.26. The molecule has 8 nitrogen and oxygen atoms in total. The van der Waals surface area contributed by atoms with E-state index in [0.717, 1.165) is 0 Å². The van der Waals surface area contributed by atoms with Crippen LogP contribution in [-0.4, -0.2) is 54.7 Å². The minimum atomic E-state index is -0.964. The predicted molar refractivity (Wildman–Crippen MR) is 73.3 cm³/mol. The van der Waals surface area contributed by atoms with E-state index in [0.29, 0.717) is 23.5 Å². The molecule has 2 unspecified atom stereocenters. The summed E-state index contributed by atoms with van der Waals surface area (Å²) in [7, 11) is 0. The number of amides is 1. The average Bonchev–Trinajstić information content (AvgIpc) is 3.17. The Morgan fingerprint density at radius 3 is 2.95 bits per heavy atom. The lowest BCUT2D eigenvalue weighted by atomic mass is 10.0. The SMILES string of the molecule is CC1CCN(C(=O)c2sccc2-n2cnnn2)C1C(=O)O. The van der Waals surface area contributed by atoms with Crippen molar-refractivity contribution in [2.24, 2.45) is 5.92 Å². The molecular weight excluding hydrogens is 294 g/mol. The summed E-state index contributed by atoms with van der Waals surface area (Å²) in [4.78, 5) is 25.9. The van der Waals surface area contributed by atoms with Crippen LogP contribution in [0.25, 0.3) is 5.69 Å². The lowest BCUT2D eigenvalue weighted by Gasteiger charge is -2.23. The van der Waals surface area contributed by atoms with Gasteiger partial charge in [-0.25, -0.2) is 4.79 Å². The van der Waals surface area contributed by atoms with Crippen molar-refractivity contribution in [1.29, 1.82) is 0 Å². The zero-order valence-electron chi connectivity index (χ0n) is 11.2. The normalized spacial score (nSPS) is 21.7. The highest BCUT2D eigenvalue weighted by Crippen LogP contribution is 2.29. The molecule has 1 amide bonds.